The average molecular weight is 481 g/mol. The van der Waals surface area contributed by atoms with Crippen molar-refractivity contribution in [2.75, 3.05) is 28.8 Å². The monoisotopic (exact) mass is 480 g/mol. The van der Waals surface area contributed by atoms with E-state index in [4.69, 9.17) is 0 Å². The molecule has 0 spiro atoms. The molecule has 0 saturated heterocycles. The largest absolute Gasteiger partial charge is 0.507 e. The molecule has 0 aliphatic carbocycles. The topological polar surface area (TPSA) is 165 Å². The van der Waals surface area contributed by atoms with Crippen LogP contribution >= 0.6 is 0 Å². The van der Waals surface area contributed by atoms with E-state index in [-0.39, 0.29) is 34.5 Å². The van der Waals surface area contributed by atoms with Crippen molar-refractivity contribution in [1.29, 1.82) is 0 Å². The third kappa shape index (κ3) is 6.69. The summed E-state index contributed by atoms with van der Waals surface area (Å²) in [6.07, 6.45) is 1.70. The number of carbonyl (C=O) groups excluding carboxylic acids is 2. The first-order valence-electron chi connectivity index (χ1n) is 11.1. The summed E-state index contributed by atoms with van der Waals surface area (Å²) in [5, 5.41) is 19.8. The lowest BCUT2D eigenvalue weighted by atomic mass is 10.2. The van der Waals surface area contributed by atoms with E-state index in [1.54, 1.807) is 24.3 Å². The summed E-state index contributed by atoms with van der Waals surface area (Å²) in [4.78, 5) is 39.8. The van der Waals surface area contributed by atoms with Gasteiger partial charge in [0.05, 0.1) is 11.1 Å². The van der Waals surface area contributed by atoms with Crippen LogP contribution in [0.2, 0.25) is 0 Å². The van der Waals surface area contributed by atoms with Crippen molar-refractivity contribution in [3.8, 4) is 11.5 Å². The Bertz CT molecular complexity index is 1090. The van der Waals surface area contributed by atoms with Gasteiger partial charge in [0.1, 0.15) is 11.5 Å². The van der Waals surface area contributed by atoms with Crippen LogP contribution in [0.5, 0.6) is 11.5 Å². The van der Waals surface area contributed by atoms with Crippen LogP contribution in [-0.2, 0) is 0 Å². The highest BCUT2D eigenvalue weighted by Crippen LogP contribution is 2.18. The number of hydrogen-bond donors (Lipinski definition) is 6. The van der Waals surface area contributed by atoms with Gasteiger partial charge in [0, 0.05) is 13.1 Å². The van der Waals surface area contributed by atoms with Crippen molar-refractivity contribution in [3.63, 3.8) is 0 Å². The number of hydrogen-bond acceptors (Lipinski definition) is 10. The van der Waals surface area contributed by atoms with E-state index >= 15 is 0 Å². The molecule has 1 heterocycles. The average Bonchev–Trinajstić information content (AvgIpc) is 2.86. The van der Waals surface area contributed by atoms with Gasteiger partial charge in [0.2, 0.25) is 17.8 Å². The molecule has 0 saturated carbocycles. The van der Waals surface area contributed by atoms with E-state index in [1.165, 1.54) is 24.3 Å². The number of nitrogens with zero attached hydrogens (tertiary/aromatic N) is 4. The van der Waals surface area contributed by atoms with Crippen molar-refractivity contribution >= 4 is 29.7 Å². The van der Waals surface area contributed by atoms with E-state index < -0.39 is 11.8 Å². The standard InChI is InChI=1S/C23H28N8O4/c1-3-13-31(14-4-2)23-25-21(29-27-19(34)15-9-5-7-11-17(15)32)24-22(26-23)30-28-20(35)16-10-6-8-12-18(16)33/h5-12,32-33H,3-4,13-14H2,1-2H3,(H,27,34)(H,28,35)(H2,24,25,26,29,30). The summed E-state index contributed by atoms with van der Waals surface area (Å²) in [6.45, 7) is 5.43. The van der Waals surface area contributed by atoms with Crippen LogP contribution in [-0.4, -0.2) is 50.1 Å². The molecule has 0 atom stereocenters. The van der Waals surface area contributed by atoms with Gasteiger partial charge in [0.25, 0.3) is 11.8 Å². The van der Waals surface area contributed by atoms with Crippen LogP contribution in [0.3, 0.4) is 0 Å². The lowest BCUT2D eigenvalue weighted by molar-refractivity contribution is 0.0951. The second kappa shape index (κ2) is 12.0. The second-order valence-corrected chi connectivity index (χ2v) is 7.46. The molecule has 0 unspecified atom stereocenters. The predicted octanol–water partition coefficient (Wildman–Crippen LogP) is 2.42. The number of amides is 2. The third-order valence-corrected chi connectivity index (χ3v) is 4.77. The lowest BCUT2D eigenvalue weighted by Gasteiger charge is -2.22. The number of phenols is 2. The van der Waals surface area contributed by atoms with Gasteiger partial charge in [0.15, 0.2) is 0 Å². The number of hydrazine groups is 2. The number of carbonyl (C=O) groups is 2. The smallest absolute Gasteiger partial charge is 0.273 e. The van der Waals surface area contributed by atoms with Crippen LogP contribution < -0.4 is 26.6 Å². The molecule has 1 aromatic heterocycles. The molecule has 2 amide bonds. The maximum atomic E-state index is 12.4. The number of rotatable bonds is 11. The van der Waals surface area contributed by atoms with Crippen LogP contribution in [0.15, 0.2) is 48.5 Å². The zero-order valence-electron chi connectivity index (χ0n) is 19.4. The van der Waals surface area contributed by atoms with Crippen molar-refractivity contribution in [1.82, 2.24) is 25.8 Å². The number of benzene rings is 2. The Morgan fingerprint density at radius 2 is 1.17 bits per heavy atom. The number of aromatic nitrogens is 3. The molecular weight excluding hydrogens is 452 g/mol. The molecule has 3 rings (SSSR count). The van der Waals surface area contributed by atoms with Gasteiger partial charge >= 0.3 is 0 Å². The fourth-order valence-electron chi connectivity index (χ4n) is 3.16. The van der Waals surface area contributed by atoms with Gasteiger partial charge in [-0.2, -0.15) is 15.0 Å². The Kier molecular flexibility index (Phi) is 8.59. The summed E-state index contributed by atoms with van der Waals surface area (Å²) < 4.78 is 0. The molecule has 0 aliphatic heterocycles. The number of anilines is 3. The SMILES string of the molecule is CCCN(CCC)c1nc(NNC(=O)c2ccccc2O)nc(NNC(=O)c2ccccc2O)n1. The number of nitrogens with one attached hydrogen (secondary N) is 4. The van der Waals surface area contributed by atoms with Crippen molar-refractivity contribution in [2.45, 2.75) is 26.7 Å². The first-order valence-corrected chi connectivity index (χ1v) is 11.1. The van der Waals surface area contributed by atoms with Crippen LogP contribution in [0.25, 0.3) is 0 Å². The van der Waals surface area contributed by atoms with Gasteiger partial charge in [-0.25, -0.2) is 0 Å². The highest BCUT2D eigenvalue weighted by molar-refractivity contribution is 5.97. The minimum Gasteiger partial charge on any atom is -0.507 e. The van der Waals surface area contributed by atoms with E-state index in [2.05, 4.69) is 36.7 Å². The molecule has 35 heavy (non-hydrogen) atoms. The van der Waals surface area contributed by atoms with E-state index in [0.29, 0.717) is 19.0 Å². The van der Waals surface area contributed by atoms with Crippen molar-refractivity contribution in [3.05, 3.63) is 59.7 Å². The molecular formula is C23H28N8O4. The maximum Gasteiger partial charge on any atom is 0.273 e. The molecule has 0 aliphatic rings. The second-order valence-electron chi connectivity index (χ2n) is 7.46. The van der Waals surface area contributed by atoms with E-state index in [9.17, 15) is 19.8 Å². The fraction of sp³-hybridized carbons (Fsp3) is 0.261. The summed E-state index contributed by atoms with van der Waals surface area (Å²) in [7, 11) is 0. The van der Waals surface area contributed by atoms with Crippen molar-refractivity contribution < 1.29 is 19.8 Å². The molecule has 0 fully saturated rings. The Hall–Kier alpha value is -4.61. The molecule has 184 valence electrons. The minimum atomic E-state index is -0.591. The van der Waals surface area contributed by atoms with Gasteiger partial charge < -0.3 is 15.1 Å². The first kappa shape index (κ1) is 25.0. The molecule has 12 nitrogen and oxygen atoms in total. The quantitative estimate of drug-likeness (QED) is 0.225. The minimum absolute atomic E-state index is 0.00952. The molecule has 12 heteroatoms. The van der Waals surface area contributed by atoms with Gasteiger partial charge in [-0.05, 0) is 37.1 Å². The third-order valence-electron chi connectivity index (χ3n) is 4.77. The fourth-order valence-corrected chi connectivity index (χ4v) is 3.16. The normalized spacial score (nSPS) is 10.3. The summed E-state index contributed by atoms with van der Waals surface area (Å²) in [5.41, 5.74) is 10.3. The van der Waals surface area contributed by atoms with Crippen LogP contribution in [0, 0.1) is 0 Å². The highest BCUT2D eigenvalue weighted by Gasteiger charge is 2.16. The molecule has 3 aromatic rings. The number of phenolic OH excluding ortho intramolecular Hbond substituents is 2. The Balaban J connectivity index is 1.81. The van der Waals surface area contributed by atoms with Gasteiger partial charge in [-0.15, -0.1) is 0 Å². The van der Waals surface area contributed by atoms with E-state index in [1.807, 2.05) is 18.7 Å². The number of aromatic hydroxyl groups is 2. The Labute approximate surface area is 202 Å². The highest BCUT2D eigenvalue weighted by atomic mass is 16.3. The Morgan fingerprint density at radius 1 is 0.743 bits per heavy atom. The Morgan fingerprint density at radius 3 is 1.57 bits per heavy atom. The van der Waals surface area contributed by atoms with E-state index in [0.717, 1.165) is 12.8 Å². The molecule has 2 aromatic carbocycles. The predicted molar refractivity (Wildman–Crippen MR) is 131 cm³/mol. The molecule has 6 N–H and O–H groups in total. The van der Waals surface area contributed by atoms with Crippen LogP contribution in [0.4, 0.5) is 17.8 Å². The molecule has 0 bridgehead atoms. The first-order chi connectivity index (χ1) is 16.9. The number of para-hydroxylation sites is 2. The zero-order valence-corrected chi connectivity index (χ0v) is 19.4. The molecule has 0 radical (unpaired) electrons. The maximum absolute atomic E-state index is 12.4. The van der Waals surface area contributed by atoms with Gasteiger partial charge in [-0.1, -0.05) is 38.1 Å². The summed E-state index contributed by atoms with van der Waals surface area (Å²) in [5.74, 6) is -1.17. The van der Waals surface area contributed by atoms with Gasteiger partial charge in [-0.3, -0.25) is 31.3 Å². The summed E-state index contributed by atoms with van der Waals surface area (Å²) >= 11 is 0. The lowest BCUT2D eigenvalue weighted by Crippen LogP contribution is -2.34. The summed E-state index contributed by atoms with van der Waals surface area (Å²) in [6, 6.07) is 12.2. The van der Waals surface area contributed by atoms with Crippen LogP contribution in [0.1, 0.15) is 47.4 Å². The zero-order chi connectivity index (χ0) is 25.2. The van der Waals surface area contributed by atoms with Crippen molar-refractivity contribution in [2.24, 2.45) is 0 Å².